The van der Waals surface area contributed by atoms with Gasteiger partial charge in [-0.1, -0.05) is 15.9 Å². The number of rotatable bonds is 2. The number of ether oxygens (including phenoxy) is 1. The molecule has 0 amide bonds. The van der Waals surface area contributed by atoms with Crippen LogP contribution >= 0.6 is 15.9 Å². The number of hydrogen-bond donors (Lipinski definition) is 1. The summed E-state index contributed by atoms with van der Waals surface area (Å²) in [5, 5.41) is 0. The van der Waals surface area contributed by atoms with Crippen LogP contribution in [0.5, 0.6) is 5.75 Å². The Morgan fingerprint density at radius 1 is 1.47 bits per heavy atom. The summed E-state index contributed by atoms with van der Waals surface area (Å²) >= 11 is 3.53. The first kappa shape index (κ1) is 11.0. The van der Waals surface area contributed by atoms with E-state index < -0.39 is 0 Å². The molecule has 0 unspecified atom stereocenters. The quantitative estimate of drug-likeness (QED) is 0.896. The highest BCUT2D eigenvalue weighted by atomic mass is 79.9. The van der Waals surface area contributed by atoms with Crippen molar-refractivity contribution in [2.75, 3.05) is 6.54 Å². The molecular weight excluding hydrogens is 254 g/mol. The summed E-state index contributed by atoms with van der Waals surface area (Å²) in [5.41, 5.74) is 8.03. The lowest BCUT2D eigenvalue weighted by Crippen LogP contribution is -2.25. The average molecular weight is 270 g/mol. The molecule has 2 nitrogen and oxygen atoms in total. The Labute approximate surface area is 98.9 Å². The van der Waals surface area contributed by atoms with E-state index in [0.717, 1.165) is 23.1 Å². The molecule has 0 saturated carbocycles. The van der Waals surface area contributed by atoms with E-state index in [2.05, 4.69) is 41.9 Å². The predicted octanol–water partition coefficient (Wildman–Crippen LogP) is 2.66. The van der Waals surface area contributed by atoms with E-state index in [9.17, 15) is 0 Å². The topological polar surface area (TPSA) is 35.2 Å². The van der Waals surface area contributed by atoms with Crippen molar-refractivity contribution < 1.29 is 4.74 Å². The van der Waals surface area contributed by atoms with Gasteiger partial charge in [-0.2, -0.15) is 0 Å². The largest absolute Gasteiger partial charge is 0.487 e. The van der Waals surface area contributed by atoms with E-state index in [-0.39, 0.29) is 5.60 Å². The molecule has 0 aromatic heterocycles. The zero-order valence-electron chi connectivity index (χ0n) is 9.14. The second-order valence-electron chi connectivity index (χ2n) is 4.63. The molecule has 0 aliphatic carbocycles. The third-order valence-corrected chi connectivity index (χ3v) is 3.07. The van der Waals surface area contributed by atoms with Crippen molar-refractivity contribution >= 4 is 15.9 Å². The van der Waals surface area contributed by atoms with Crippen LogP contribution in [0, 0.1) is 0 Å². The third kappa shape index (κ3) is 2.18. The first-order valence-electron chi connectivity index (χ1n) is 5.22. The fourth-order valence-electron chi connectivity index (χ4n) is 2.09. The molecule has 0 bridgehead atoms. The van der Waals surface area contributed by atoms with Gasteiger partial charge in [0, 0.05) is 10.9 Å². The number of fused-ring (bicyclic) bond motifs is 1. The fraction of sp³-hybridized carbons (Fsp3) is 0.500. The van der Waals surface area contributed by atoms with Crippen molar-refractivity contribution in [3.8, 4) is 5.75 Å². The first-order valence-corrected chi connectivity index (χ1v) is 6.01. The van der Waals surface area contributed by atoms with Gasteiger partial charge in [-0.25, -0.2) is 0 Å². The molecule has 3 heteroatoms. The monoisotopic (exact) mass is 269 g/mol. The maximum Gasteiger partial charge on any atom is 0.126 e. The van der Waals surface area contributed by atoms with Crippen molar-refractivity contribution in [2.24, 2.45) is 5.73 Å². The molecule has 15 heavy (non-hydrogen) atoms. The van der Waals surface area contributed by atoms with Crippen LogP contribution in [-0.4, -0.2) is 12.1 Å². The van der Waals surface area contributed by atoms with Crippen molar-refractivity contribution in [3.63, 3.8) is 0 Å². The van der Waals surface area contributed by atoms with Gasteiger partial charge in [0.15, 0.2) is 0 Å². The molecule has 0 radical (unpaired) electrons. The lowest BCUT2D eigenvalue weighted by molar-refractivity contribution is 0.137. The van der Waals surface area contributed by atoms with Crippen molar-refractivity contribution in [3.05, 3.63) is 27.7 Å². The van der Waals surface area contributed by atoms with Crippen LogP contribution in [0.1, 0.15) is 25.0 Å². The Balaban J connectivity index is 2.43. The van der Waals surface area contributed by atoms with E-state index >= 15 is 0 Å². The molecule has 0 spiro atoms. The van der Waals surface area contributed by atoms with E-state index in [1.54, 1.807) is 0 Å². The van der Waals surface area contributed by atoms with Crippen LogP contribution < -0.4 is 10.5 Å². The molecule has 2 N–H and O–H groups in total. The van der Waals surface area contributed by atoms with Crippen LogP contribution in [0.4, 0.5) is 0 Å². The van der Waals surface area contributed by atoms with Gasteiger partial charge in [-0.3, -0.25) is 0 Å². The Morgan fingerprint density at radius 3 is 2.87 bits per heavy atom. The molecule has 2 rings (SSSR count). The molecule has 82 valence electrons. The van der Waals surface area contributed by atoms with Crippen LogP contribution in [0.2, 0.25) is 0 Å². The van der Waals surface area contributed by atoms with Gasteiger partial charge in [0.05, 0.1) is 0 Å². The van der Waals surface area contributed by atoms with E-state index in [0.29, 0.717) is 6.54 Å². The molecule has 1 heterocycles. The number of halogens is 1. The second kappa shape index (κ2) is 3.80. The SMILES string of the molecule is CC1(C)Cc2cc(Br)cc(CCN)c2O1. The number of benzene rings is 1. The van der Waals surface area contributed by atoms with Gasteiger partial charge < -0.3 is 10.5 Å². The predicted molar refractivity (Wildman–Crippen MR) is 65.3 cm³/mol. The zero-order valence-corrected chi connectivity index (χ0v) is 10.7. The summed E-state index contributed by atoms with van der Waals surface area (Å²) < 4.78 is 7.07. The summed E-state index contributed by atoms with van der Waals surface area (Å²) in [7, 11) is 0. The molecule has 0 fully saturated rings. The lowest BCUT2D eigenvalue weighted by Gasteiger charge is -2.18. The van der Waals surface area contributed by atoms with Gasteiger partial charge in [0.25, 0.3) is 0 Å². The molecule has 1 aliphatic heterocycles. The summed E-state index contributed by atoms with van der Waals surface area (Å²) in [6.45, 7) is 4.90. The standard InChI is InChI=1S/C12H16BrNO/c1-12(2)7-9-6-10(13)5-8(3-4-14)11(9)15-12/h5-6H,3-4,7,14H2,1-2H3. The highest BCUT2D eigenvalue weighted by Gasteiger charge is 2.31. The Kier molecular flexibility index (Phi) is 2.77. The van der Waals surface area contributed by atoms with E-state index in [1.807, 2.05) is 0 Å². The van der Waals surface area contributed by atoms with E-state index in [4.69, 9.17) is 10.5 Å². The van der Waals surface area contributed by atoms with Gasteiger partial charge in [-0.05, 0) is 50.1 Å². The Bertz CT molecular complexity index is 387. The smallest absolute Gasteiger partial charge is 0.126 e. The van der Waals surface area contributed by atoms with Gasteiger partial charge in [0.1, 0.15) is 11.4 Å². The van der Waals surface area contributed by atoms with Crippen molar-refractivity contribution in [1.82, 2.24) is 0 Å². The molecule has 1 aliphatic rings. The minimum atomic E-state index is -0.0769. The molecule has 0 atom stereocenters. The van der Waals surface area contributed by atoms with Crippen LogP contribution in [0.3, 0.4) is 0 Å². The summed E-state index contributed by atoms with van der Waals surface area (Å²) in [4.78, 5) is 0. The highest BCUT2D eigenvalue weighted by Crippen LogP contribution is 2.39. The number of nitrogens with two attached hydrogens (primary N) is 1. The number of hydrogen-bond acceptors (Lipinski definition) is 2. The molecular formula is C12H16BrNO. The van der Waals surface area contributed by atoms with Crippen LogP contribution in [0.15, 0.2) is 16.6 Å². The lowest BCUT2D eigenvalue weighted by atomic mass is 10.00. The van der Waals surface area contributed by atoms with E-state index in [1.165, 1.54) is 11.1 Å². The fourth-order valence-corrected chi connectivity index (χ4v) is 2.64. The van der Waals surface area contributed by atoms with Crippen LogP contribution in [0.25, 0.3) is 0 Å². The summed E-state index contributed by atoms with van der Waals surface area (Å²) in [6, 6.07) is 4.25. The average Bonchev–Trinajstić information content (AvgIpc) is 2.40. The Morgan fingerprint density at radius 2 is 2.20 bits per heavy atom. The first-order chi connectivity index (χ1) is 7.02. The summed E-state index contributed by atoms with van der Waals surface area (Å²) in [5.74, 6) is 1.05. The maximum absolute atomic E-state index is 5.96. The molecule has 1 aromatic carbocycles. The third-order valence-electron chi connectivity index (χ3n) is 2.62. The summed E-state index contributed by atoms with van der Waals surface area (Å²) in [6.07, 6.45) is 1.84. The molecule has 0 saturated heterocycles. The van der Waals surface area contributed by atoms with Gasteiger partial charge in [0.2, 0.25) is 0 Å². The highest BCUT2D eigenvalue weighted by molar-refractivity contribution is 9.10. The van der Waals surface area contributed by atoms with Crippen molar-refractivity contribution in [2.45, 2.75) is 32.3 Å². The normalized spacial score (nSPS) is 17.3. The second-order valence-corrected chi connectivity index (χ2v) is 5.55. The minimum Gasteiger partial charge on any atom is -0.487 e. The van der Waals surface area contributed by atoms with Crippen LogP contribution in [-0.2, 0) is 12.8 Å². The van der Waals surface area contributed by atoms with Crippen molar-refractivity contribution in [1.29, 1.82) is 0 Å². The zero-order chi connectivity index (χ0) is 11.1. The minimum absolute atomic E-state index is 0.0769. The van der Waals surface area contributed by atoms with Gasteiger partial charge >= 0.3 is 0 Å². The van der Waals surface area contributed by atoms with Gasteiger partial charge in [-0.15, -0.1) is 0 Å². The maximum atomic E-state index is 5.96. The molecule has 1 aromatic rings. The Hall–Kier alpha value is -0.540.